The predicted octanol–water partition coefficient (Wildman–Crippen LogP) is 9.56. The molecule has 0 aromatic heterocycles. The van der Waals surface area contributed by atoms with Gasteiger partial charge in [-0.05, 0) is 60.2 Å². The average Bonchev–Trinajstić information content (AvgIpc) is 2.98. The van der Waals surface area contributed by atoms with Gasteiger partial charge in [0.05, 0.1) is 22.3 Å². The van der Waals surface area contributed by atoms with E-state index in [-0.39, 0.29) is 21.2 Å². The summed E-state index contributed by atoms with van der Waals surface area (Å²) in [4.78, 5) is 0. The number of rotatable bonds is 6. The first-order valence-corrected chi connectivity index (χ1v) is 16.2. The summed E-state index contributed by atoms with van der Waals surface area (Å²) in [5, 5.41) is -1.38. The van der Waals surface area contributed by atoms with Crippen LogP contribution in [0, 0.1) is 0 Å². The molecule has 46 heavy (non-hydrogen) atoms. The summed E-state index contributed by atoms with van der Waals surface area (Å²) >= 11 is 0. The molecule has 0 unspecified atom stereocenters. The second-order valence-electron chi connectivity index (χ2n) is 9.79. The maximum absolute atomic E-state index is 14.6. The van der Waals surface area contributed by atoms with E-state index in [2.05, 4.69) is 0 Å². The fourth-order valence-electron chi connectivity index (χ4n) is 4.32. The lowest BCUT2D eigenvalue weighted by atomic mass is 10.2. The molecule has 0 N–H and O–H groups in total. The molecule has 4 aromatic carbocycles. The van der Waals surface area contributed by atoms with E-state index < -0.39 is 61.2 Å². The Morgan fingerprint density at radius 1 is 0.326 bits per heavy atom. The van der Waals surface area contributed by atoms with Crippen LogP contribution in [0.1, 0.15) is 22.3 Å². The molecule has 4 rings (SSSR count). The Morgan fingerprint density at radius 2 is 0.478 bits per heavy atom. The molecule has 0 aliphatic rings. The number of alkyl halides is 12. The molecule has 0 bridgehead atoms. The van der Waals surface area contributed by atoms with Crippen molar-refractivity contribution in [1.82, 2.24) is 0 Å². The smallest absolute Gasteiger partial charge is 0.309 e. The summed E-state index contributed by atoms with van der Waals surface area (Å²) in [6.07, 6.45) is -19.2. The summed E-state index contributed by atoms with van der Waals surface area (Å²) < 4.78 is 188. The van der Waals surface area contributed by atoms with Crippen molar-refractivity contribution < 1.29 is 61.8 Å². The highest BCUT2D eigenvalue weighted by atomic mass is 31.2. The summed E-state index contributed by atoms with van der Waals surface area (Å²) in [6, 6.07) is 10.9. The summed E-state index contributed by atoms with van der Waals surface area (Å²) in [6.45, 7) is 0. The van der Waals surface area contributed by atoms with Crippen LogP contribution in [0.15, 0.2) is 109 Å². The molecule has 0 amide bonds. The van der Waals surface area contributed by atoms with E-state index in [0.717, 1.165) is 60.2 Å². The van der Waals surface area contributed by atoms with Crippen LogP contribution in [0.2, 0.25) is 0 Å². The van der Waals surface area contributed by atoms with Crippen LogP contribution in [0.25, 0.3) is 0 Å². The Labute approximate surface area is 253 Å². The van der Waals surface area contributed by atoms with Crippen molar-refractivity contribution >= 4 is 35.5 Å². The largest absolute Gasteiger partial charge is 0.416 e. The van der Waals surface area contributed by atoms with Crippen molar-refractivity contribution in [3.8, 4) is 0 Å². The van der Waals surface area contributed by atoms with Crippen molar-refractivity contribution in [2.24, 2.45) is 0 Å². The van der Waals surface area contributed by atoms with Crippen molar-refractivity contribution in [2.45, 2.75) is 24.7 Å². The van der Waals surface area contributed by atoms with Gasteiger partial charge in [-0.1, -0.05) is 48.5 Å². The van der Waals surface area contributed by atoms with Gasteiger partial charge in [0, 0.05) is 21.2 Å². The lowest BCUT2D eigenvalue weighted by Gasteiger charge is -2.21. The second kappa shape index (κ2) is 12.1. The third-order valence-corrected chi connectivity index (χ3v) is 12.4. The molecule has 0 saturated heterocycles. The second-order valence-corrected chi connectivity index (χ2v) is 15.1. The zero-order valence-corrected chi connectivity index (χ0v) is 24.4. The Morgan fingerprint density at radius 3 is 0.609 bits per heavy atom. The van der Waals surface area contributed by atoms with Gasteiger partial charge in [-0.3, -0.25) is 0 Å². The molecule has 0 aliphatic heterocycles. The quantitative estimate of drug-likeness (QED) is 0.148. The van der Waals surface area contributed by atoms with Gasteiger partial charge in [0.25, 0.3) is 0 Å². The van der Waals surface area contributed by atoms with Gasteiger partial charge in [-0.2, -0.15) is 52.7 Å². The maximum Gasteiger partial charge on any atom is 0.416 e. The summed E-state index contributed by atoms with van der Waals surface area (Å²) in [5.74, 6) is 1.52. The molecule has 2 nitrogen and oxygen atoms in total. The molecular formula is C30H18F12O2P2. The standard InChI is InChI=1S/C30H18F12O2P2/c31-27(32,33)19-1-9-23(10-2-19)45(43,24-11-3-20(4-12-24)28(34,35)36)17-18-46(44,25-13-5-21(6-14-25)29(37,38)39)26-15-7-22(8-16-26)30(40,41)42/h1-18H/b18-17+. The van der Waals surface area contributed by atoms with Gasteiger partial charge in [-0.25, -0.2) is 0 Å². The predicted molar refractivity (Wildman–Crippen MR) is 149 cm³/mol. The summed E-state index contributed by atoms with van der Waals surface area (Å²) in [7, 11) is -8.85. The fraction of sp³-hybridized carbons (Fsp3) is 0.133. The first-order valence-electron chi connectivity index (χ1n) is 12.7. The number of benzene rings is 4. The minimum absolute atomic E-state index is 0.345. The minimum Gasteiger partial charge on any atom is -0.309 e. The summed E-state index contributed by atoms with van der Waals surface area (Å²) in [5.41, 5.74) is -4.61. The van der Waals surface area contributed by atoms with E-state index in [1.165, 1.54) is 0 Å². The van der Waals surface area contributed by atoms with Gasteiger partial charge >= 0.3 is 24.7 Å². The highest BCUT2D eigenvalue weighted by molar-refractivity contribution is 7.84. The Kier molecular flexibility index (Phi) is 9.25. The van der Waals surface area contributed by atoms with Crippen molar-refractivity contribution in [3.05, 3.63) is 131 Å². The highest BCUT2D eigenvalue weighted by Gasteiger charge is 2.36. The SMILES string of the molecule is O=P(/C=C/P(=O)(c1ccc(C(F)(F)F)cc1)c1ccc(C(F)(F)F)cc1)(c1ccc(C(F)(F)F)cc1)c1ccc(C(F)(F)F)cc1. The molecule has 16 heteroatoms. The molecule has 0 radical (unpaired) electrons. The molecule has 0 saturated carbocycles. The van der Waals surface area contributed by atoms with Crippen LogP contribution in [0.3, 0.4) is 0 Å². The van der Waals surface area contributed by atoms with Crippen molar-refractivity contribution in [1.29, 1.82) is 0 Å². The van der Waals surface area contributed by atoms with Gasteiger partial charge in [0.15, 0.2) is 14.3 Å². The lowest BCUT2D eigenvalue weighted by Crippen LogP contribution is -2.18. The molecule has 4 aromatic rings. The third kappa shape index (κ3) is 7.44. The first-order chi connectivity index (χ1) is 21.0. The van der Waals surface area contributed by atoms with Crippen LogP contribution in [0.5, 0.6) is 0 Å². The van der Waals surface area contributed by atoms with Crippen molar-refractivity contribution in [3.63, 3.8) is 0 Å². The maximum atomic E-state index is 14.6. The van der Waals surface area contributed by atoms with E-state index in [4.69, 9.17) is 0 Å². The van der Waals surface area contributed by atoms with E-state index in [1.54, 1.807) is 0 Å². The topological polar surface area (TPSA) is 34.1 Å². The van der Waals surface area contributed by atoms with E-state index in [9.17, 15) is 61.8 Å². The van der Waals surface area contributed by atoms with E-state index >= 15 is 0 Å². The zero-order chi connectivity index (χ0) is 34.3. The average molecular weight is 700 g/mol. The molecule has 0 aliphatic carbocycles. The van der Waals surface area contributed by atoms with Crippen LogP contribution in [-0.2, 0) is 33.8 Å². The van der Waals surface area contributed by atoms with Crippen LogP contribution in [-0.4, -0.2) is 0 Å². The molecule has 244 valence electrons. The van der Waals surface area contributed by atoms with Gasteiger partial charge in [-0.15, -0.1) is 0 Å². The molecule has 0 atom stereocenters. The monoisotopic (exact) mass is 700 g/mol. The number of hydrogen-bond donors (Lipinski definition) is 0. The van der Waals surface area contributed by atoms with Gasteiger partial charge in [0.2, 0.25) is 0 Å². The zero-order valence-electron chi connectivity index (χ0n) is 22.6. The van der Waals surface area contributed by atoms with Crippen LogP contribution in [0.4, 0.5) is 52.7 Å². The van der Waals surface area contributed by atoms with Crippen LogP contribution >= 0.6 is 14.3 Å². The molecule has 0 spiro atoms. The van der Waals surface area contributed by atoms with Gasteiger partial charge < -0.3 is 9.13 Å². The lowest BCUT2D eigenvalue weighted by molar-refractivity contribution is -0.138. The Balaban J connectivity index is 1.94. The normalized spacial score (nSPS) is 13.7. The van der Waals surface area contributed by atoms with Gasteiger partial charge in [0.1, 0.15) is 0 Å². The Hall–Kier alpha value is -3.76. The van der Waals surface area contributed by atoms with Crippen LogP contribution < -0.4 is 21.2 Å². The number of hydrogen-bond acceptors (Lipinski definition) is 2. The fourth-order valence-corrected chi connectivity index (χ4v) is 9.47. The first kappa shape index (κ1) is 35.1. The number of halogens is 12. The third-order valence-electron chi connectivity index (χ3n) is 6.80. The minimum atomic E-state index is -4.81. The molecule has 0 heterocycles. The Bertz CT molecular complexity index is 1540. The molecule has 0 fully saturated rings. The highest BCUT2D eigenvalue weighted by Crippen LogP contribution is 2.53. The van der Waals surface area contributed by atoms with Crippen molar-refractivity contribution in [2.75, 3.05) is 0 Å². The van der Waals surface area contributed by atoms with E-state index in [0.29, 0.717) is 48.5 Å². The molecular weight excluding hydrogens is 682 g/mol. The van der Waals surface area contributed by atoms with E-state index in [1.807, 2.05) is 0 Å².